The summed E-state index contributed by atoms with van der Waals surface area (Å²) in [5.41, 5.74) is 0.888. The fourth-order valence-corrected chi connectivity index (χ4v) is 3.42. The van der Waals surface area contributed by atoms with Gasteiger partial charge in [0.15, 0.2) is 0 Å². The summed E-state index contributed by atoms with van der Waals surface area (Å²) in [6, 6.07) is 0.0806. The van der Waals surface area contributed by atoms with Crippen LogP contribution in [0.25, 0.3) is 0 Å². The molecule has 0 aliphatic carbocycles. The summed E-state index contributed by atoms with van der Waals surface area (Å²) >= 11 is 3.46. The monoisotopic (exact) mass is 327 g/mol. The third-order valence-electron chi connectivity index (χ3n) is 3.62. The Morgan fingerprint density at radius 3 is 2.42 bits per heavy atom. The maximum atomic E-state index is 12.3. The average molecular weight is 328 g/mol. The second-order valence-corrected chi connectivity index (χ2v) is 6.83. The molecule has 1 fully saturated rings. The van der Waals surface area contributed by atoms with Gasteiger partial charge in [-0.3, -0.25) is 4.79 Å². The van der Waals surface area contributed by atoms with Gasteiger partial charge in [0.05, 0.1) is 17.9 Å². The molecule has 4 nitrogen and oxygen atoms in total. The van der Waals surface area contributed by atoms with E-state index in [1.54, 1.807) is 0 Å². The standard InChI is InChI=1S/C14H22BrN3O/c1-9(2)18-14(19)13(15)12(6-16-18)17-7-10(3)5-11(4)8-17/h6,9-11H,5,7-8H2,1-4H3/t10-,11-/m0/s1. The van der Waals surface area contributed by atoms with E-state index in [9.17, 15) is 4.79 Å². The first-order valence-electron chi connectivity index (χ1n) is 6.92. The summed E-state index contributed by atoms with van der Waals surface area (Å²) in [6.07, 6.45) is 3.07. The zero-order valence-electron chi connectivity index (χ0n) is 12.1. The number of piperidine rings is 1. The lowest BCUT2D eigenvalue weighted by Gasteiger charge is -2.36. The molecule has 1 saturated heterocycles. The van der Waals surface area contributed by atoms with Crippen molar-refractivity contribution < 1.29 is 0 Å². The van der Waals surface area contributed by atoms with Gasteiger partial charge in [-0.1, -0.05) is 13.8 Å². The van der Waals surface area contributed by atoms with Gasteiger partial charge in [0.2, 0.25) is 0 Å². The highest BCUT2D eigenvalue weighted by Gasteiger charge is 2.24. The minimum atomic E-state index is -0.0432. The lowest BCUT2D eigenvalue weighted by Crippen LogP contribution is -2.40. The zero-order valence-corrected chi connectivity index (χ0v) is 13.6. The van der Waals surface area contributed by atoms with Gasteiger partial charge in [0.1, 0.15) is 4.47 Å². The van der Waals surface area contributed by atoms with Crippen LogP contribution in [0.4, 0.5) is 5.69 Å². The van der Waals surface area contributed by atoms with Crippen molar-refractivity contribution in [2.75, 3.05) is 18.0 Å². The highest BCUT2D eigenvalue weighted by atomic mass is 79.9. The van der Waals surface area contributed by atoms with Crippen molar-refractivity contribution in [2.45, 2.75) is 40.2 Å². The SMILES string of the molecule is CC(C)n1ncc(N2C[C@@H](C)C[C@H](C)C2)c(Br)c1=O. The second-order valence-electron chi connectivity index (χ2n) is 6.04. The molecule has 0 amide bonds. The molecule has 2 rings (SSSR count). The van der Waals surface area contributed by atoms with Gasteiger partial charge >= 0.3 is 0 Å². The molecule has 2 atom stereocenters. The fourth-order valence-electron chi connectivity index (χ4n) is 2.88. The molecule has 1 aromatic rings. The molecule has 0 saturated carbocycles. The van der Waals surface area contributed by atoms with Crippen molar-refractivity contribution in [3.05, 3.63) is 21.0 Å². The van der Waals surface area contributed by atoms with E-state index in [0.29, 0.717) is 16.3 Å². The molecule has 0 bridgehead atoms. The van der Waals surface area contributed by atoms with Crippen molar-refractivity contribution in [1.29, 1.82) is 0 Å². The molecule has 106 valence electrons. The number of anilines is 1. The number of rotatable bonds is 2. The maximum absolute atomic E-state index is 12.3. The molecule has 5 heteroatoms. The van der Waals surface area contributed by atoms with Gasteiger partial charge < -0.3 is 4.90 Å². The highest BCUT2D eigenvalue weighted by Crippen LogP contribution is 2.29. The molecule has 19 heavy (non-hydrogen) atoms. The second kappa shape index (κ2) is 5.65. The number of hydrogen-bond acceptors (Lipinski definition) is 3. The predicted octanol–water partition coefficient (Wildman–Crippen LogP) is 3.07. The van der Waals surface area contributed by atoms with E-state index in [4.69, 9.17) is 0 Å². The first-order valence-corrected chi connectivity index (χ1v) is 7.71. The molecule has 1 aromatic heterocycles. The molecule has 2 heterocycles. The molecular weight excluding hydrogens is 306 g/mol. The summed E-state index contributed by atoms with van der Waals surface area (Å²) < 4.78 is 2.15. The van der Waals surface area contributed by atoms with Gasteiger partial charge in [0.25, 0.3) is 5.56 Å². The van der Waals surface area contributed by atoms with Crippen LogP contribution in [0.2, 0.25) is 0 Å². The van der Waals surface area contributed by atoms with Crippen LogP contribution in [-0.2, 0) is 0 Å². The molecule has 1 aliphatic rings. The lowest BCUT2D eigenvalue weighted by molar-refractivity contribution is 0.355. The smallest absolute Gasteiger partial charge is 0.283 e. The van der Waals surface area contributed by atoms with E-state index < -0.39 is 0 Å². The largest absolute Gasteiger partial charge is 0.369 e. The van der Waals surface area contributed by atoms with Crippen LogP contribution in [-0.4, -0.2) is 22.9 Å². The summed E-state index contributed by atoms with van der Waals surface area (Å²) in [6.45, 7) is 10.4. The number of aromatic nitrogens is 2. The Bertz CT molecular complexity index is 502. The molecular formula is C14H22BrN3O. The third-order valence-corrected chi connectivity index (χ3v) is 4.37. The van der Waals surface area contributed by atoms with Gasteiger partial charge in [-0.05, 0) is 48.0 Å². The van der Waals surface area contributed by atoms with Gasteiger partial charge in [-0.2, -0.15) is 5.10 Å². The van der Waals surface area contributed by atoms with Crippen LogP contribution in [0.5, 0.6) is 0 Å². The minimum absolute atomic E-state index is 0.0432. The van der Waals surface area contributed by atoms with Gasteiger partial charge in [0, 0.05) is 13.1 Å². The van der Waals surface area contributed by atoms with Gasteiger partial charge in [-0.25, -0.2) is 4.68 Å². The molecule has 1 aliphatic heterocycles. The quantitative estimate of drug-likeness (QED) is 0.837. The molecule has 0 N–H and O–H groups in total. The van der Waals surface area contributed by atoms with E-state index in [1.165, 1.54) is 11.1 Å². The van der Waals surface area contributed by atoms with E-state index in [0.717, 1.165) is 18.8 Å². The van der Waals surface area contributed by atoms with Crippen molar-refractivity contribution in [3.8, 4) is 0 Å². The molecule has 0 unspecified atom stereocenters. The number of nitrogens with zero attached hydrogens (tertiary/aromatic N) is 3. The van der Waals surface area contributed by atoms with Crippen LogP contribution in [0.15, 0.2) is 15.5 Å². The van der Waals surface area contributed by atoms with E-state index in [1.807, 2.05) is 20.0 Å². The topological polar surface area (TPSA) is 38.1 Å². The van der Waals surface area contributed by atoms with E-state index in [-0.39, 0.29) is 11.6 Å². The van der Waals surface area contributed by atoms with Crippen molar-refractivity contribution in [3.63, 3.8) is 0 Å². The highest BCUT2D eigenvalue weighted by molar-refractivity contribution is 9.10. The summed E-state index contributed by atoms with van der Waals surface area (Å²) in [7, 11) is 0. The number of hydrogen-bond donors (Lipinski definition) is 0. The van der Waals surface area contributed by atoms with Crippen LogP contribution < -0.4 is 10.5 Å². The summed E-state index contributed by atoms with van der Waals surface area (Å²) in [5.74, 6) is 1.31. The first kappa shape index (κ1) is 14.6. The minimum Gasteiger partial charge on any atom is -0.369 e. The van der Waals surface area contributed by atoms with E-state index in [2.05, 4.69) is 39.8 Å². The Hall–Kier alpha value is -0.840. The molecule has 0 radical (unpaired) electrons. The van der Waals surface area contributed by atoms with Crippen LogP contribution in [0.3, 0.4) is 0 Å². The van der Waals surface area contributed by atoms with Crippen LogP contribution in [0.1, 0.15) is 40.2 Å². The van der Waals surface area contributed by atoms with Crippen LogP contribution in [0, 0.1) is 11.8 Å². The lowest BCUT2D eigenvalue weighted by atomic mass is 9.92. The normalized spacial score (nSPS) is 24.0. The van der Waals surface area contributed by atoms with Gasteiger partial charge in [-0.15, -0.1) is 0 Å². The Morgan fingerprint density at radius 2 is 1.89 bits per heavy atom. The van der Waals surface area contributed by atoms with Crippen LogP contribution >= 0.6 is 15.9 Å². The maximum Gasteiger partial charge on any atom is 0.283 e. The fraction of sp³-hybridized carbons (Fsp3) is 0.714. The van der Waals surface area contributed by atoms with Crippen molar-refractivity contribution >= 4 is 21.6 Å². The van der Waals surface area contributed by atoms with Crippen molar-refractivity contribution in [2.24, 2.45) is 11.8 Å². The third kappa shape index (κ3) is 3.02. The predicted molar refractivity (Wildman–Crippen MR) is 81.7 cm³/mol. The molecule has 0 spiro atoms. The first-order chi connectivity index (χ1) is 8.90. The Kier molecular flexibility index (Phi) is 4.33. The summed E-state index contributed by atoms with van der Waals surface area (Å²) in [4.78, 5) is 14.5. The molecule has 0 aromatic carbocycles. The number of halogens is 1. The Morgan fingerprint density at radius 1 is 1.32 bits per heavy atom. The van der Waals surface area contributed by atoms with Crippen molar-refractivity contribution in [1.82, 2.24) is 9.78 Å². The Balaban J connectivity index is 2.36. The Labute approximate surface area is 122 Å². The summed E-state index contributed by atoms with van der Waals surface area (Å²) in [5, 5.41) is 4.30. The average Bonchev–Trinajstić information content (AvgIpc) is 2.30. The zero-order chi connectivity index (χ0) is 14.2. The van der Waals surface area contributed by atoms with E-state index >= 15 is 0 Å².